The van der Waals surface area contributed by atoms with Crippen molar-refractivity contribution in [1.82, 2.24) is 10.4 Å². The van der Waals surface area contributed by atoms with Crippen LogP contribution in [-0.2, 0) is 0 Å². The fourth-order valence-electron chi connectivity index (χ4n) is 1.06. The molecule has 0 aliphatic heterocycles. The van der Waals surface area contributed by atoms with Crippen molar-refractivity contribution in [2.45, 2.75) is 6.04 Å². The fourth-order valence-corrected chi connectivity index (χ4v) is 1.19. The van der Waals surface area contributed by atoms with Gasteiger partial charge in [0.05, 0.1) is 6.04 Å². The van der Waals surface area contributed by atoms with Gasteiger partial charge in [0.1, 0.15) is 0 Å². The first-order chi connectivity index (χ1) is 7.06. The molecule has 5 nitrogen and oxygen atoms in total. The highest BCUT2D eigenvalue weighted by Gasteiger charge is 2.16. The second-order valence-corrected chi connectivity index (χ2v) is 3.36. The number of benzene rings is 1. The lowest BCUT2D eigenvalue weighted by Gasteiger charge is -2.23. The number of rotatable bonds is 2. The van der Waals surface area contributed by atoms with Gasteiger partial charge in [0.25, 0.3) is 0 Å². The van der Waals surface area contributed by atoms with Gasteiger partial charge in [-0.2, -0.15) is 0 Å². The normalized spacial score (nSPS) is 12.0. The number of urea groups is 1. The number of amides is 2. The fraction of sp³-hybridized carbons (Fsp3) is 0.111. The van der Waals surface area contributed by atoms with Gasteiger partial charge in [-0.1, -0.05) is 23.7 Å². The Morgan fingerprint density at radius 2 is 2.00 bits per heavy atom. The summed E-state index contributed by atoms with van der Waals surface area (Å²) < 4.78 is 0. The van der Waals surface area contributed by atoms with E-state index in [9.17, 15) is 4.79 Å². The van der Waals surface area contributed by atoms with Crippen molar-refractivity contribution in [2.24, 2.45) is 11.7 Å². The van der Waals surface area contributed by atoms with E-state index in [1.54, 1.807) is 24.3 Å². The third-order valence-electron chi connectivity index (χ3n) is 1.95. The Balaban J connectivity index is 2.80. The van der Waals surface area contributed by atoms with E-state index in [0.717, 1.165) is 10.6 Å². The molecular formula is C9H12ClN4O. The van der Waals surface area contributed by atoms with Crippen molar-refractivity contribution in [3.8, 4) is 0 Å². The van der Waals surface area contributed by atoms with Crippen LogP contribution in [0.25, 0.3) is 0 Å². The molecule has 1 atom stereocenters. The van der Waals surface area contributed by atoms with E-state index in [2.05, 4.69) is 6.92 Å². The molecule has 0 heterocycles. The van der Waals surface area contributed by atoms with E-state index >= 15 is 0 Å². The van der Waals surface area contributed by atoms with E-state index in [4.69, 9.17) is 23.3 Å². The summed E-state index contributed by atoms with van der Waals surface area (Å²) in [7, 11) is 0. The van der Waals surface area contributed by atoms with Gasteiger partial charge in [-0.3, -0.25) is 10.4 Å². The monoisotopic (exact) mass is 227 g/mol. The number of hydrazine groups is 2. The molecule has 0 spiro atoms. The van der Waals surface area contributed by atoms with E-state index < -0.39 is 12.1 Å². The highest BCUT2D eigenvalue weighted by molar-refractivity contribution is 6.30. The number of hydrogen-bond acceptors (Lipinski definition) is 3. The van der Waals surface area contributed by atoms with E-state index in [1.807, 2.05) is 5.43 Å². The van der Waals surface area contributed by atoms with Crippen LogP contribution in [-0.4, -0.2) is 11.0 Å². The summed E-state index contributed by atoms with van der Waals surface area (Å²) in [6, 6.07) is 5.75. The van der Waals surface area contributed by atoms with Crippen LogP contribution in [0.1, 0.15) is 11.6 Å². The number of carbonyl (C=O) groups is 1. The standard InChI is InChI=1S/C9H12ClN4O/c1-6(14(12)9(15)13-11)7-2-4-8(10)5-3-7/h2-6H,1,11-12H2,(H,13,15). The Morgan fingerprint density at radius 3 is 2.47 bits per heavy atom. The Hall–Kier alpha value is -1.30. The van der Waals surface area contributed by atoms with Gasteiger partial charge in [0.2, 0.25) is 0 Å². The Labute approximate surface area is 92.9 Å². The van der Waals surface area contributed by atoms with Crippen molar-refractivity contribution in [3.05, 3.63) is 41.8 Å². The van der Waals surface area contributed by atoms with Crippen LogP contribution >= 0.6 is 11.6 Å². The number of nitrogens with one attached hydrogen (secondary N) is 1. The second kappa shape index (κ2) is 4.97. The van der Waals surface area contributed by atoms with Crippen LogP contribution in [0.2, 0.25) is 5.02 Å². The zero-order valence-electron chi connectivity index (χ0n) is 7.98. The average Bonchev–Trinajstić information content (AvgIpc) is 2.27. The lowest BCUT2D eigenvalue weighted by Crippen LogP contribution is -2.48. The van der Waals surface area contributed by atoms with Crippen LogP contribution in [0.15, 0.2) is 24.3 Å². The zero-order chi connectivity index (χ0) is 11.4. The van der Waals surface area contributed by atoms with Gasteiger partial charge < -0.3 is 0 Å². The van der Waals surface area contributed by atoms with E-state index in [1.165, 1.54) is 0 Å². The van der Waals surface area contributed by atoms with Crippen molar-refractivity contribution >= 4 is 17.6 Å². The lowest BCUT2D eigenvalue weighted by atomic mass is 10.1. The van der Waals surface area contributed by atoms with Crippen LogP contribution in [0, 0.1) is 6.92 Å². The minimum absolute atomic E-state index is 0.522. The minimum atomic E-state index is -0.607. The molecule has 1 aromatic rings. The Bertz CT molecular complexity index is 340. The smallest absolute Gasteiger partial charge is 0.275 e. The number of carbonyl (C=O) groups excluding carboxylic acids is 1. The summed E-state index contributed by atoms with van der Waals surface area (Å²) >= 11 is 5.72. The summed E-state index contributed by atoms with van der Waals surface area (Å²) in [5, 5.41) is 1.52. The highest BCUT2D eigenvalue weighted by Crippen LogP contribution is 2.19. The quantitative estimate of drug-likeness (QED) is 0.400. The molecule has 0 fully saturated rings. The first-order valence-electron chi connectivity index (χ1n) is 4.19. The predicted octanol–water partition coefficient (Wildman–Crippen LogP) is 0.974. The molecule has 0 aliphatic rings. The SMILES string of the molecule is [CH2]C(c1ccc(Cl)cc1)N(N)C(=O)NN. The van der Waals surface area contributed by atoms with Crippen LogP contribution in [0.4, 0.5) is 4.79 Å². The Kier molecular flexibility index (Phi) is 3.90. The summed E-state index contributed by atoms with van der Waals surface area (Å²) in [6.45, 7) is 3.75. The first-order valence-corrected chi connectivity index (χ1v) is 4.57. The molecule has 0 aromatic heterocycles. The van der Waals surface area contributed by atoms with Gasteiger partial charge in [0, 0.05) is 5.02 Å². The largest absolute Gasteiger partial charge is 0.346 e. The lowest BCUT2D eigenvalue weighted by molar-refractivity contribution is 0.187. The number of halogens is 1. The molecule has 0 saturated heterocycles. The van der Waals surface area contributed by atoms with Gasteiger partial charge in [-0.25, -0.2) is 16.5 Å². The highest BCUT2D eigenvalue weighted by atomic mass is 35.5. The molecule has 81 valence electrons. The van der Waals surface area contributed by atoms with E-state index in [0.29, 0.717) is 5.02 Å². The van der Waals surface area contributed by atoms with Crippen LogP contribution in [0.3, 0.4) is 0 Å². The van der Waals surface area contributed by atoms with Gasteiger partial charge in [-0.05, 0) is 24.6 Å². The average molecular weight is 228 g/mol. The van der Waals surface area contributed by atoms with Crippen LogP contribution in [0.5, 0.6) is 0 Å². The van der Waals surface area contributed by atoms with Crippen molar-refractivity contribution in [1.29, 1.82) is 0 Å². The molecule has 15 heavy (non-hydrogen) atoms. The molecule has 2 amide bonds. The Morgan fingerprint density at radius 1 is 1.47 bits per heavy atom. The number of nitrogens with zero attached hydrogens (tertiary/aromatic N) is 1. The molecule has 1 unspecified atom stereocenters. The summed E-state index contributed by atoms with van der Waals surface area (Å²) in [5.74, 6) is 10.4. The zero-order valence-corrected chi connectivity index (χ0v) is 8.74. The third kappa shape index (κ3) is 2.82. The van der Waals surface area contributed by atoms with Gasteiger partial charge in [-0.15, -0.1) is 0 Å². The van der Waals surface area contributed by atoms with Gasteiger partial charge in [0.15, 0.2) is 0 Å². The predicted molar refractivity (Wildman–Crippen MR) is 58.3 cm³/mol. The maximum absolute atomic E-state index is 11.1. The number of nitrogens with two attached hydrogens (primary N) is 2. The molecule has 1 aromatic carbocycles. The molecule has 5 N–H and O–H groups in total. The molecule has 0 aliphatic carbocycles. The molecule has 0 bridgehead atoms. The molecule has 0 saturated carbocycles. The van der Waals surface area contributed by atoms with Crippen molar-refractivity contribution in [3.63, 3.8) is 0 Å². The van der Waals surface area contributed by atoms with Crippen molar-refractivity contribution < 1.29 is 4.79 Å². The van der Waals surface area contributed by atoms with E-state index in [-0.39, 0.29) is 0 Å². The third-order valence-corrected chi connectivity index (χ3v) is 2.20. The summed E-state index contributed by atoms with van der Waals surface area (Å²) in [6.07, 6.45) is 0. The second-order valence-electron chi connectivity index (χ2n) is 2.92. The number of hydrogen-bond donors (Lipinski definition) is 3. The minimum Gasteiger partial charge on any atom is -0.275 e. The topological polar surface area (TPSA) is 84.4 Å². The maximum atomic E-state index is 11.1. The van der Waals surface area contributed by atoms with Crippen molar-refractivity contribution in [2.75, 3.05) is 0 Å². The first kappa shape index (κ1) is 11.8. The molecular weight excluding hydrogens is 216 g/mol. The van der Waals surface area contributed by atoms with Crippen LogP contribution < -0.4 is 17.1 Å². The van der Waals surface area contributed by atoms with Gasteiger partial charge >= 0.3 is 6.03 Å². The summed E-state index contributed by atoms with van der Waals surface area (Å²) in [5.41, 5.74) is 2.69. The molecule has 6 heteroatoms. The molecule has 1 radical (unpaired) electrons. The summed E-state index contributed by atoms with van der Waals surface area (Å²) in [4.78, 5) is 11.1. The molecule has 1 rings (SSSR count). The maximum Gasteiger partial charge on any atom is 0.346 e.